The van der Waals surface area contributed by atoms with Gasteiger partial charge in [-0.15, -0.1) is 0 Å². The lowest BCUT2D eigenvalue weighted by Gasteiger charge is -2.37. The van der Waals surface area contributed by atoms with Gasteiger partial charge in [0.2, 0.25) is 10.0 Å². The first-order valence-corrected chi connectivity index (χ1v) is 12.9. The van der Waals surface area contributed by atoms with E-state index in [-0.39, 0.29) is 11.9 Å². The van der Waals surface area contributed by atoms with E-state index in [1.807, 2.05) is 27.0 Å². The molecule has 0 spiro atoms. The van der Waals surface area contributed by atoms with Gasteiger partial charge in [0.15, 0.2) is 0 Å². The number of aliphatic imine (C=N–C) groups is 1. The highest BCUT2D eigenvalue weighted by molar-refractivity contribution is 9.11. The molecule has 2 aliphatic rings. The average Bonchev–Trinajstić information content (AvgIpc) is 2.74. The van der Waals surface area contributed by atoms with Crippen LogP contribution in [0.25, 0.3) is 0 Å². The molecule has 3 N–H and O–H groups in total. The minimum atomic E-state index is -3.83. The van der Waals surface area contributed by atoms with Crippen LogP contribution in [0.2, 0.25) is 0 Å². The highest BCUT2D eigenvalue weighted by Crippen LogP contribution is 2.19. The van der Waals surface area contributed by atoms with E-state index >= 15 is 0 Å². The molecule has 0 radical (unpaired) electrons. The summed E-state index contributed by atoms with van der Waals surface area (Å²) in [5, 5.41) is 12.8. The smallest absolute Gasteiger partial charge is 0.223 e. The Labute approximate surface area is 188 Å². The number of allylic oxidation sites excluding steroid dienone is 2. The summed E-state index contributed by atoms with van der Waals surface area (Å²) < 4.78 is 28.7. The lowest BCUT2D eigenvalue weighted by atomic mass is 10.1. The van der Waals surface area contributed by atoms with Gasteiger partial charge in [0.25, 0.3) is 0 Å². The minimum absolute atomic E-state index is 0.0348. The summed E-state index contributed by atoms with van der Waals surface area (Å²) >= 11 is 3.15. The van der Waals surface area contributed by atoms with Crippen molar-refractivity contribution >= 4 is 31.8 Å². The number of hydrogen-bond donors (Lipinski definition) is 3. The molecule has 2 rings (SSSR count). The second-order valence-electron chi connectivity index (χ2n) is 7.22. The van der Waals surface area contributed by atoms with Crippen LogP contribution in [0.3, 0.4) is 0 Å². The number of halogens is 1. The molecule has 0 saturated carbocycles. The molecule has 0 aromatic rings. The lowest BCUT2D eigenvalue weighted by molar-refractivity contribution is 0.264. The molecule has 0 aromatic carbocycles. The Kier molecular flexibility index (Phi) is 9.80. The van der Waals surface area contributed by atoms with Crippen molar-refractivity contribution in [2.24, 2.45) is 4.99 Å². The SMILES string of the molecule is C/C=C(/CC)C(O)=CC(/C=C/Br)S(=O)(=O)NC1C=CN(C2CCCCN2)C(CC)=N1. The van der Waals surface area contributed by atoms with Gasteiger partial charge in [0.05, 0.1) is 6.17 Å². The fourth-order valence-corrected chi connectivity index (χ4v) is 5.34. The highest BCUT2D eigenvalue weighted by atomic mass is 79.9. The molecule has 9 heteroatoms. The van der Waals surface area contributed by atoms with Gasteiger partial charge in [0.1, 0.15) is 23.0 Å². The second kappa shape index (κ2) is 11.8. The number of aliphatic hydroxyl groups is 1. The van der Waals surface area contributed by atoms with Crippen LogP contribution in [-0.4, -0.2) is 48.4 Å². The van der Waals surface area contributed by atoms with E-state index in [2.05, 4.69) is 35.9 Å². The first kappa shape index (κ1) is 24.8. The predicted molar refractivity (Wildman–Crippen MR) is 127 cm³/mol. The molecule has 3 unspecified atom stereocenters. The van der Waals surface area contributed by atoms with Gasteiger partial charge in [-0.1, -0.05) is 41.9 Å². The fourth-order valence-electron chi connectivity index (χ4n) is 3.59. The summed E-state index contributed by atoms with van der Waals surface area (Å²) in [6, 6.07) is 0. The van der Waals surface area contributed by atoms with Crippen LogP contribution in [0.15, 0.2) is 51.8 Å². The number of nitrogens with zero attached hydrogens (tertiary/aromatic N) is 2. The van der Waals surface area contributed by atoms with Crippen molar-refractivity contribution in [3.8, 4) is 0 Å². The first-order valence-electron chi connectivity index (χ1n) is 10.5. The number of aliphatic hydroxyl groups excluding tert-OH is 1. The zero-order valence-electron chi connectivity index (χ0n) is 17.9. The average molecular weight is 501 g/mol. The normalized spacial score (nSPS) is 24.9. The summed E-state index contributed by atoms with van der Waals surface area (Å²) in [4.78, 5) is 8.21. The van der Waals surface area contributed by atoms with Gasteiger partial charge in [-0.05, 0) is 61.9 Å². The molecule has 0 aliphatic carbocycles. The van der Waals surface area contributed by atoms with Crippen LogP contribution in [0.4, 0.5) is 0 Å². The summed E-state index contributed by atoms with van der Waals surface area (Å²) in [6.07, 6.45) is 12.5. The van der Waals surface area contributed by atoms with Gasteiger partial charge in [-0.2, -0.15) is 4.72 Å². The molecule has 0 bridgehead atoms. The van der Waals surface area contributed by atoms with Crippen molar-refractivity contribution in [2.75, 3.05) is 6.54 Å². The van der Waals surface area contributed by atoms with Gasteiger partial charge in [-0.3, -0.25) is 5.32 Å². The van der Waals surface area contributed by atoms with E-state index in [1.54, 1.807) is 12.2 Å². The van der Waals surface area contributed by atoms with E-state index in [0.717, 1.165) is 25.2 Å². The maximum Gasteiger partial charge on any atom is 0.223 e. The maximum atomic E-state index is 13.0. The number of amidine groups is 1. The van der Waals surface area contributed by atoms with E-state index in [0.29, 0.717) is 18.4 Å². The van der Waals surface area contributed by atoms with Crippen LogP contribution in [0.5, 0.6) is 0 Å². The molecule has 0 aromatic heterocycles. The second-order valence-corrected chi connectivity index (χ2v) is 9.62. The topological polar surface area (TPSA) is 94.0 Å². The summed E-state index contributed by atoms with van der Waals surface area (Å²) in [7, 11) is -3.83. The van der Waals surface area contributed by atoms with Crippen LogP contribution in [0.1, 0.15) is 52.9 Å². The van der Waals surface area contributed by atoms with Crippen LogP contribution in [0, 0.1) is 0 Å². The first-order chi connectivity index (χ1) is 14.4. The molecular formula is C21H33BrN4O3S. The quantitative estimate of drug-likeness (QED) is 0.328. The number of hydrogen-bond acceptors (Lipinski definition) is 6. The van der Waals surface area contributed by atoms with Crippen molar-refractivity contribution in [3.63, 3.8) is 0 Å². The van der Waals surface area contributed by atoms with Crippen molar-refractivity contribution in [1.82, 2.24) is 14.9 Å². The van der Waals surface area contributed by atoms with Crippen molar-refractivity contribution in [3.05, 3.63) is 46.8 Å². The minimum Gasteiger partial charge on any atom is -0.508 e. The maximum absolute atomic E-state index is 13.0. The van der Waals surface area contributed by atoms with E-state index in [9.17, 15) is 13.5 Å². The molecule has 1 fully saturated rings. The third kappa shape index (κ3) is 6.54. The third-order valence-corrected chi connectivity index (χ3v) is 7.12. The van der Waals surface area contributed by atoms with Crippen molar-refractivity contribution in [1.29, 1.82) is 0 Å². The Morgan fingerprint density at radius 3 is 2.80 bits per heavy atom. The van der Waals surface area contributed by atoms with Crippen LogP contribution >= 0.6 is 15.9 Å². The van der Waals surface area contributed by atoms with Crippen molar-refractivity contribution < 1.29 is 13.5 Å². The Bertz CT molecular complexity index is 827. The lowest BCUT2D eigenvalue weighted by Crippen LogP contribution is -2.50. The number of rotatable bonds is 9. The van der Waals surface area contributed by atoms with Crippen LogP contribution < -0.4 is 10.0 Å². The molecule has 1 saturated heterocycles. The molecule has 2 heterocycles. The molecule has 30 heavy (non-hydrogen) atoms. The largest absolute Gasteiger partial charge is 0.508 e. The zero-order chi connectivity index (χ0) is 22.1. The summed E-state index contributed by atoms with van der Waals surface area (Å²) in [5.41, 5.74) is 0.692. The predicted octanol–water partition coefficient (Wildman–Crippen LogP) is 4.04. The Morgan fingerprint density at radius 2 is 2.23 bits per heavy atom. The monoisotopic (exact) mass is 500 g/mol. The van der Waals surface area contributed by atoms with E-state index < -0.39 is 21.4 Å². The van der Waals surface area contributed by atoms with Crippen molar-refractivity contribution in [2.45, 2.75) is 70.5 Å². The van der Waals surface area contributed by atoms with Crippen LogP contribution in [-0.2, 0) is 10.0 Å². The summed E-state index contributed by atoms with van der Waals surface area (Å²) in [6.45, 7) is 6.71. The Balaban J connectivity index is 2.20. The molecular weight excluding hydrogens is 468 g/mol. The fraction of sp³-hybridized carbons (Fsp3) is 0.571. The van der Waals surface area contributed by atoms with E-state index in [1.165, 1.54) is 23.6 Å². The Hall–Kier alpha value is -1.42. The van der Waals surface area contributed by atoms with E-state index in [4.69, 9.17) is 0 Å². The standard InChI is InChI=1S/C21H33BrN4O3S/c1-4-16(5-2)18(27)15-17(10-12-22)30(28,29)25-19-11-14-26(20(6-3)24-19)21-9-7-8-13-23-21/h4,10-12,14-15,17,19,21,23,25,27H,5-9,13H2,1-3H3/b12-10+,16-4-,18-15?. The Morgan fingerprint density at radius 1 is 1.47 bits per heavy atom. The summed E-state index contributed by atoms with van der Waals surface area (Å²) in [5.74, 6) is 0.810. The third-order valence-electron chi connectivity index (χ3n) is 5.24. The molecule has 2 aliphatic heterocycles. The number of piperidine rings is 1. The zero-order valence-corrected chi connectivity index (χ0v) is 20.3. The molecule has 168 valence electrons. The number of nitrogens with one attached hydrogen (secondary N) is 2. The number of sulfonamides is 1. The highest BCUT2D eigenvalue weighted by Gasteiger charge is 2.28. The van der Waals surface area contributed by atoms with Gasteiger partial charge in [0, 0.05) is 12.6 Å². The molecule has 7 nitrogen and oxygen atoms in total. The molecule has 3 atom stereocenters. The molecule has 0 amide bonds. The van der Waals surface area contributed by atoms with Gasteiger partial charge >= 0.3 is 0 Å². The van der Waals surface area contributed by atoms with Gasteiger partial charge in [-0.25, -0.2) is 13.4 Å². The van der Waals surface area contributed by atoms with Gasteiger partial charge < -0.3 is 10.0 Å².